The lowest BCUT2D eigenvalue weighted by molar-refractivity contribution is -0.385. The fourth-order valence-electron chi connectivity index (χ4n) is 2.60. The maximum Gasteiger partial charge on any atom is 0.311 e. The highest BCUT2D eigenvalue weighted by atomic mass is 35.5. The Labute approximate surface area is 191 Å². The van der Waals surface area contributed by atoms with E-state index in [4.69, 9.17) is 33.0 Å². The normalized spacial score (nSPS) is 10.2. The van der Waals surface area contributed by atoms with Crippen molar-refractivity contribution in [3.05, 3.63) is 81.3 Å². The number of ether oxygens (including phenoxy) is 1. The smallest absolute Gasteiger partial charge is 0.311 e. The van der Waals surface area contributed by atoms with E-state index in [-0.39, 0.29) is 32.9 Å². The molecule has 0 bridgehead atoms. The second kappa shape index (κ2) is 9.90. The third-order valence-electron chi connectivity index (χ3n) is 4.08. The Morgan fingerprint density at radius 3 is 2.53 bits per heavy atom. The van der Waals surface area contributed by atoms with Gasteiger partial charge in [-0.3, -0.25) is 25.0 Å². The van der Waals surface area contributed by atoms with Crippen molar-refractivity contribution in [2.75, 3.05) is 17.7 Å². The number of nitro benzene ring substituents is 1. The van der Waals surface area contributed by atoms with Crippen molar-refractivity contribution in [2.45, 2.75) is 0 Å². The largest absolute Gasteiger partial charge is 0.490 e. The molecule has 0 aliphatic rings. The summed E-state index contributed by atoms with van der Waals surface area (Å²) in [6.45, 7) is 0. The maximum atomic E-state index is 12.4. The summed E-state index contributed by atoms with van der Waals surface area (Å²) in [5, 5.41) is 19.1. The molecule has 0 spiro atoms. The first-order valence-electron chi connectivity index (χ1n) is 8.87. The number of thiocarbonyl (C=S) groups is 1. The molecular weight excluding hydrogens is 460 g/mol. The number of hydrogen-bond donors (Lipinski definition) is 3. The van der Waals surface area contributed by atoms with E-state index >= 15 is 0 Å². The van der Waals surface area contributed by atoms with Crippen LogP contribution in [0.25, 0.3) is 0 Å². The van der Waals surface area contributed by atoms with Crippen LogP contribution in [-0.2, 0) is 0 Å². The molecule has 3 N–H and O–H groups in total. The highest BCUT2D eigenvalue weighted by Gasteiger charge is 2.19. The summed E-state index contributed by atoms with van der Waals surface area (Å²) in [7, 11) is 1.29. The van der Waals surface area contributed by atoms with E-state index in [1.165, 1.54) is 37.6 Å². The highest BCUT2D eigenvalue weighted by molar-refractivity contribution is 7.80. The molecule has 12 heteroatoms. The number of nitrogens with one attached hydrogen (secondary N) is 3. The molecule has 1 heterocycles. The molecule has 2 amide bonds. The SMILES string of the molecule is COc1ccc(C(=O)NC(=S)Nc2ccc(NC(=O)c3ccco3)c(Cl)c2)cc1[N+](=O)[O-]. The first kappa shape index (κ1) is 22.7. The minimum atomic E-state index is -0.652. The Bertz CT molecular complexity index is 1200. The summed E-state index contributed by atoms with van der Waals surface area (Å²) in [5.41, 5.74) is 0.463. The van der Waals surface area contributed by atoms with E-state index < -0.39 is 16.7 Å². The van der Waals surface area contributed by atoms with Gasteiger partial charge in [0.15, 0.2) is 16.6 Å². The van der Waals surface area contributed by atoms with Crippen LogP contribution < -0.4 is 20.7 Å². The average Bonchev–Trinajstić information content (AvgIpc) is 3.30. The van der Waals surface area contributed by atoms with Gasteiger partial charge < -0.3 is 19.8 Å². The first-order valence-corrected chi connectivity index (χ1v) is 9.66. The van der Waals surface area contributed by atoms with Crippen LogP contribution in [0.3, 0.4) is 0 Å². The molecule has 164 valence electrons. The number of carbonyl (C=O) groups excluding carboxylic acids is 2. The van der Waals surface area contributed by atoms with Crippen LogP contribution in [0, 0.1) is 10.1 Å². The Kier molecular flexibility index (Phi) is 7.03. The van der Waals surface area contributed by atoms with Crippen molar-refractivity contribution >= 4 is 57.8 Å². The van der Waals surface area contributed by atoms with E-state index in [2.05, 4.69) is 16.0 Å². The molecule has 0 radical (unpaired) electrons. The van der Waals surface area contributed by atoms with Crippen LogP contribution in [0.2, 0.25) is 5.02 Å². The molecule has 0 unspecified atom stereocenters. The Balaban J connectivity index is 1.64. The summed E-state index contributed by atoms with van der Waals surface area (Å²) in [6.07, 6.45) is 1.38. The molecule has 0 aliphatic carbocycles. The van der Waals surface area contributed by atoms with Crippen LogP contribution in [0.1, 0.15) is 20.9 Å². The van der Waals surface area contributed by atoms with Crippen LogP contribution in [0.15, 0.2) is 59.2 Å². The number of carbonyl (C=O) groups is 2. The fraction of sp³-hybridized carbons (Fsp3) is 0.0500. The molecule has 32 heavy (non-hydrogen) atoms. The van der Waals surface area contributed by atoms with Gasteiger partial charge in [-0.2, -0.15) is 0 Å². The van der Waals surface area contributed by atoms with Crippen molar-refractivity contribution < 1.29 is 23.7 Å². The summed E-state index contributed by atoms with van der Waals surface area (Å²) in [6, 6.07) is 11.5. The summed E-state index contributed by atoms with van der Waals surface area (Å²) in [4.78, 5) is 34.9. The van der Waals surface area contributed by atoms with Crippen molar-refractivity contribution in [3.8, 4) is 5.75 Å². The minimum absolute atomic E-state index is 0.0238. The minimum Gasteiger partial charge on any atom is -0.490 e. The predicted molar refractivity (Wildman–Crippen MR) is 121 cm³/mol. The van der Waals surface area contributed by atoms with Gasteiger partial charge in [-0.1, -0.05) is 11.6 Å². The summed E-state index contributed by atoms with van der Waals surface area (Å²) in [5.74, 6) is -0.956. The van der Waals surface area contributed by atoms with Crippen molar-refractivity contribution in [3.63, 3.8) is 0 Å². The van der Waals surface area contributed by atoms with E-state index in [0.29, 0.717) is 11.4 Å². The van der Waals surface area contributed by atoms with Crippen LogP contribution in [0.4, 0.5) is 17.1 Å². The standard InChI is InChI=1S/C20H15ClN4O6S/c1-30-16-7-4-11(9-15(16)25(28)29)18(26)24-20(32)22-12-5-6-14(13(21)10-12)23-19(27)17-3-2-8-31-17/h2-10H,1H3,(H,23,27)(H2,22,24,26,32). The lowest BCUT2D eigenvalue weighted by Crippen LogP contribution is -2.34. The Hall–Kier alpha value is -3.96. The fourth-order valence-corrected chi connectivity index (χ4v) is 3.04. The predicted octanol–water partition coefficient (Wildman–Crippen LogP) is 4.23. The van der Waals surface area contributed by atoms with Gasteiger partial charge in [-0.25, -0.2) is 0 Å². The van der Waals surface area contributed by atoms with Gasteiger partial charge in [-0.05, 0) is 54.7 Å². The number of benzene rings is 2. The number of halogens is 1. The molecule has 0 aliphatic heterocycles. The van der Waals surface area contributed by atoms with E-state index in [0.717, 1.165) is 6.07 Å². The Morgan fingerprint density at radius 2 is 1.91 bits per heavy atom. The molecule has 1 aromatic heterocycles. The van der Waals surface area contributed by atoms with Gasteiger partial charge in [-0.15, -0.1) is 0 Å². The van der Waals surface area contributed by atoms with Gasteiger partial charge in [0, 0.05) is 17.3 Å². The molecule has 3 rings (SSSR count). The van der Waals surface area contributed by atoms with Gasteiger partial charge in [0.25, 0.3) is 11.8 Å². The van der Waals surface area contributed by atoms with Crippen LogP contribution in [0.5, 0.6) is 5.75 Å². The van der Waals surface area contributed by atoms with Gasteiger partial charge >= 0.3 is 5.69 Å². The number of methoxy groups -OCH3 is 1. The van der Waals surface area contributed by atoms with Crippen molar-refractivity contribution in [2.24, 2.45) is 0 Å². The monoisotopic (exact) mass is 474 g/mol. The van der Waals surface area contributed by atoms with E-state index in [1.54, 1.807) is 18.2 Å². The molecule has 0 atom stereocenters. The molecule has 10 nitrogen and oxygen atoms in total. The summed E-state index contributed by atoms with van der Waals surface area (Å²) >= 11 is 11.3. The lowest BCUT2D eigenvalue weighted by Gasteiger charge is -2.12. The third kappa shape index (κ3) is 5.39. The lowest BCUT2D eigenvalue weighted by atomic mass is 10.1. The topological polar surface area (TPSA) is 136 Å². The average molecular weight is 475 g/mol. The third-order valence-corrected chi connectivity index (χ3v) is 4.60. The van der Waals surface area contributed by atoms with Gasteiger partial charge in [0.05, 0.1) is 29.0 Å². The van der Waals surface area contributed by atoms with E-state index in [1.807, 2.05) is 0 Å². The van der Waals surface area contributed by atoms with Crippen molar-refractivity contribution in [1.29, 1.82) is 0 Å². The van der Waals surface area contributed by atoms with Crippen LogP contribution >= 0.6 is 23.8 Å². The molecular formula is C20H15ClN4O6S. The van der Waals surface area contributed by atoms with Crippen LogP contribution in [-0.4, -0.2) is 29.0 Å². The first-order chi connectivity index (χ1) is 15.3. The quantitative estimate of drug-likeness (QED) is 0.274. The van der Waals surface area contributed by atoms with Crippen molar-refractivity contribution in [1.82, 2.24) is 5.32 Å². The number of nitro groups is 1. The highest BCUT2D eigenvalue weighted by Crippen LogP contribution is 2.28. The molecule has 3 aromatic rings. The molecule has 0 saturated carbocycles. The second-order valence-electron chi connectivity index (χ2n) is 6.18. The summed E-state index contributed by atoms with van der Waals surface area (Å²) < 4.78 is 9.93. The number of amides is 2. The number of nitrogens with zero attached hydrogens (tertiary/aromatic N) is 1. The van der Waals surface area contributed by atoms with Gasteiger partial charge in [0.1, 0.15) is 0 Å². The zero-order valence-electron chi connectivity index (χ0n) is 16.4. The number of anilines is 2. The Morgan fingerprint density at radius 1 is 1.12 bits per heavy atom. The maximum absolute atomic E-state index is 12.4. The zero-order chi connectivity index (χ0) is 23.3. The van der Waals surface area contributed by atoms with E-state index in [9.17, 15) is 19.7 Å². The zero-order valence-corrected chi connectivity index (χ0v) is 18.0. The van der Waals surface area contributed by atoms with Gasteiger partial charge in [0.2, 0.25) is 0 Å². The second-order valence-corrected chi connectivity index (χ2v) is 6.99. The number of hydrogen-bond acceptors (Lipinski definition) is 7. The number of furan rings is 1. The molecule has 0 saturated heterocycles. The number of rotatable bonds is 6. The molecule has 0 fully saturated rings. The molecule has 2 aromatic carbocycles.